The lowest BCUT2D eigenvalue weighted by Crippen LogP contribution is -2.68. The summed E-state index contributed by atoms with van der Waals surface area (Å²) in [5.41, 5.74) is 7.46. The molecule has 308 valence electrons. The third-order valence-corrected chi connectivity index (χ3v) is 10.5. The molecule has 0 spiro atoms. The Labute approximate surface area is 324 Å². The number of aliphatic carboxylic acids is 2. The van der Waals surface area contributed by atoms with E-state index < -0.39 is 104 Å². The molecule has 2 aromatic heterocycles. The average Bonchev–Trinajstić information content (AvgIpc) is 3.69. The van der Waals surface area contributed by atoms with Crippen molar-refractivity contribution < 1.29 is 78.9 Å². The molecule has 0 aromatic carbocycles. The fraction of sp³-hybridized carbons (Fsp3) is 0.481. The third kappa shape index (κ3) is 10.8. The molecule has 29 heteroatoms. The number of β-lactam (4-membered cyclic amide) rings is 2. The first-order valence-corrected chi connectivity index (χ1v) is 19.8. The number of hydrogen-bond donors (Lipinski definition) is 6. The highest BCUT2D eigenvalue weighted by molar-refractivity contribution is 7.84. The fourth-order valence-corrected chi connectivity index (χ4v) is 7.28. The molecular weight excluding hydrogens is 837 g/mol. The number of carbonyl (C=O) groups is 6. The van der Waals surface area contributed by atoms with Gasteiger partial charge in [-0.05, 0) is 34.6 Å². The summed E-state index contributed by atoms with van der Waals surface area (Å²) >= 11 is 2.02. The Balaban J connectivity index is 0.000000300. The van der Waals surface area contributed by atoms with Gasteiger partial charge in [-0.1, -0.05) is 10.3 Å². The van der Waals surface area contributed by atoms with Crippen molar-refractivity contribution >= 4 is 100 Å². The molecule has 2 amide bonds. The highest BCUT2D eigenvalue weighted by Crippen LogP contribution is 2.41. The Kier molecular flexibility index (Phi) is 13.6. The van der Waals surface area contributed by atoms with Gasteiger partial charge in [-0.15, -0.1) is 27.0 Å². The first-order valence-electron chi connectivity index (χ1n) is 15.3. The Morgan fingerprint density at radius 2 is 1.41 bits per heavy atom. The van der Waals surface area contributed by atoms with Crippen molar-refractivity contribution in [3.05, 3.63) is 22.1 Å². The molecule has 0 bridgehead atoms. The van der Waals surface area contributed by atoms with E-state index in [4.69, 9.17) is 35.6 Å². The molecule has 4 heterocycles. The molecule has 8 N–H and O–H groups in total. The number of hydroxylamine groups is 2. The van der Waals surface area contributed by atoms with Gasteiger partial charge in [0.05, 0.1) is 23.4 Å². The number of amides is 2. The van der Waals surface area contributed by atoms with Gasteiger partial charge in [-0.25, -0.2) is 23.9 Å². The van der Waals surface area contributed by atoms with Crippen LogP contribution in [0.15, 0.2) is 21.1 Å². The van der Waals surface area contributed by atoms with Crippen LogP contribution in [0.4, 0.5) is 10.3 Å². The van der Waals surface area contributed by atoms with E-state index in [9.17, 15) is 45.6 Å². The number of rotatable bonds is 17. The first kappa shape index (κ1) is 45.2. The molecule has 4 rings (SSSR count). The smallest absolute Gasteiger partial charge is 0.418 e. The van der Waals surface area contributed by atoms with Crippen LogP contribution in [0.2, 0.25) is 0 Å². The van der Waals surface area contributed by atoms with Crippen molar-refractivity contribution in [1.82, 2.24) is 19.3 Å². The van der Waals surface area contributed by atoms with Crippen LogP contribution >= 0.6 is 22.7 Å². The number of aromatic nitrogens is 2. The summed E-state index contributed by atoms with van der Waals surface area (Å²) in [6.07, 6.45) is -0.872. The van der Waals surface area contributed by atoms with E-state index in [-0.39, 0.29) is 37.4 Å². The van der Waals surface area contributed by atoms with Crippen LogP contribution in [0, 0.1) is 11.8 Å². The summed E-state index contributed by atoms with van der Waals surface area (Å²) in [5, 5.41) is 28.3. The van der Waals surface area contributed by atoms with Crippen molar-refractivity contribution in [3.8, 4) is 0 Å². The summed E-state index contributed by atoms with van der Waals surface area (Å²) in [6, 6.07) is -0.940. The van der Waals surface area contributed by atoms with Crippen molar-refractivity contribution in [3.63, 3.8) is 0 Å². The normalized spacial score (nSPS) is 19.9. The highest BCUT2D eigenvalue weighted by atomic mass is 32.3. The van der Waals surface area contributed by atoms with Crippen LogP contribution in [-0.2, 0) is 63.4 Å². The van der Waals surface area contributed by atoms with Gasteiger partial charge in [-0.2, -0.15) is 21.9 Å². The van der Waals surface area contributed by atoms with Crippen molar-refractivity contribution in [2.24, 2.45) is 22.1 Å². The Bertz CT molecular complexity index is 2200. The van der Waals surface area contributed by atoms with E-state index in [1.165, 1.54) is 45.4 Å². The third-order valence-electron chi connectivity index (χ3n) is 7.85. The van der Waals surface area contributed by atoms with E-state index in [1.807, 2.05) is 0 Å². The van der Waals surface area contributed by atoms with E-state index in [0.717, 1.165) is 22.7 Å². The van der Waals surface area contributed by atoms with Crippen molar-refractivity contribution in [1.29, 1.82) is 0 Å². The number of carboxylic acid groups (broad SMARTS) is 2. The lowest BCUT2D eigenvalue weighted by atomic mass is 9.74. The van der Waals surface area contributed by atoms with E-state index >= 15 is 0 Å². The summed E-state index contributed by atoms with van der Waals surface area (Å²) in [5.74, 6) is -7.88. The van der Waals surface area contributed by atoms with Gasteiger partial charge in [0.15, 0.2) is 33.3 Å². The lowest BCUT2D eigenvalue weighted by Gasteiger charge is -2.50. The lowest BCUT2D eigenvalue weighted by molar-refractivity contribution is -0.228. The molecule has 56 heavy (non-hydrogen) atoms. The highest BCUT2D eigenvalue weighted by Gasteiger charge is 2.57. The number of thiazole rings is 2. The van der Waals surface area contributed by atoms with Gasteiger partial charge in [-0.3, -0.25) is 28.3 Å². The molecule has 0 saturated carbocycles. The zero-order valence-electron chi connectivity index (χ0n) is 29.6. The topological polar surface area (TPSA) is 388 Å². The monoisotopic (exact) mass is 870 g/mol. The zero-order chi connectivity index (χ0) is 42.7. The maximum Gasteiger partial charge on any atom is 0.418 e. The molecule has 2 saturated heterocycles. The number of ketones is 2. The van der Waals surface area contributed by atoms with Crippen LogP contribution < -0.4 is 11.5 Å². The predicted molar refractivity (Wildman–Crippen MR) is 190 cm³/mol. The molecule has 2 aliphatic rings. The summed E-state index contributed by atoms with van der Waals surface area (Å²) < 4.78 is 66.2. The number of anilines is 2. The maximum absolute atomic E-state index is 12.7. The van der Waals surface area contributed by atoms with Crippen LogP contribution in [-0.4, -0.2) is 126 Å². The number of hydrogen-bond acceptors (Lipinski definition) is 21. The van der Waals surface area contributed by atoms with Gasteiger partial charge in [0.25, 0.3) is 5.91 Å². The van der Waals surface area contributed by atoms with Crippen molar-refractivity contribution in [2.45, 2.75) is 64.6 Å². The van der Waals surface area contributed by atoms with Gasteiger partial charge in [0.2, 0.25) is 18.1 Å². The van der Waals surface area contributed by atoms with Gasteiger partial charge >= 0.3 is 32.6 Å². The van der Waals surface area contributed by atoms with E-state index in [0.29, 0.717) is 5.06 Å². The quantitative estimate of drug-likeness (QED) is 0.0499. The molecule has 0 radical (unpaired) electrons. The second-order valence-corrected chi connectivity index (χ2v) is 16.7. The standard InChI is InChI=1S/C14H18N4O8S2.C13H16N4O9S2/c1-6-7(11(20)18(6)28(23,24)25)4-9(19)10(8-5-27-13(15)16-8)17-26-14(2,3)12(21)22;1-13(2)6(11(21)17(13)26-28(22,23)24)3-8(18)10(16-25-4-9(19)20)7-5-27-12(14)15-7/h5-7H,4H2,1-3H3,(H2,15,16)(H,21,22)(H,23,24,25);5-6H,3-4H2,1-2H3,(H2,14,15)(H,19,20)(H,22,23,24)/b17-10-;16-10-/t6-,7-;6-/m01/s1. The second-order valence-electron chi connectivity index (χ2n) is 12.7. The molecule has 2 fully saturated rings. The molecule has 25 nitrogen and oxygen atoms in total. The largest absolute Gasteiger partial charge is 0.479 e. The number of nitrogens with two attached hydrogens (primary N) is 2. The minimum Gasteiger partial charge on any atom is -0.479 e. The van der Waals surface area contributed by atoms with Crippen molar-refractivity contribution in [2.75, 3.05) is 18.1 Å². The number of nitrogens with zero attached hydrogens (tertiary/aromatic N) is 6. The SMILES string of the molecule is CC1(C)[C@H](CC(=O)/C(=N\OCC(=O)O)c2csc(N)n2)C(=O)N1OS(=O)(=O)O.C[C@H]1[C@H](CC(=O)/C(=N\OC(C)(C)C(=O)O)c2csc(N)n2)C(=O)N1S(=O)(=O)O. The average molecular weight is 871 g/mol. The Morgan fingerprint density at radius 1 is 0.911 bits per heavy atom. The van der Waals surface area contributed by atoms with Crippen LogP contribution in [0.25, 0.3) is 0 Å². The first-order chi connectivity index (χ1) is 25.6. The molecule has 2 aliphatic heterocycles. The molecule has 3 atom stereocenters. The Hall–Kier alpha value is -5.20. The minimum absolute atomic E-state index is 0.0275. The fourth-order valence-electron chi connectivity index (χ4n) is 4.80. The minimum atomic E-state index is -4.92. The number of carboxylic acids is 2. The number of oxime groups is 2. The summed E-state index contributed by atoms with van der Waals surface area (Å²) in [6.45, 7) is 5.84. The van der Waals surface area contributed by atoms with E-state index in [1.54, 1.807) is 0 Å². The molecule has 0 unspecified atom stereocenters. The summed E-state index contributed by atoms with van der Waals surface area (Å²) in [4.78, 5) is 88.5. The zero-order valence-corrected chi connectivity index (χ0v) is 32.8. The van der Waals surface area contributed by atoms with Crippen LogP contribution in [0.3, 0.4) is 0 Å². The number of Topliss-reactive ketones (excluding diaryl/α,β-unsaturated/α-hetero) is 2. The predicted octanol–water partition coefficient (Wildman–Crippen LogP) is -0.621. The van der Waals surface area contributed by atoms with E-state index in [2.05, 4.69) is 29.4 Å². The number of nitrogen functional groups attached to an aromatic ring is 2. The molecule has 0 aliphatic carbocycles. The van der Waals surface area contributed by atoms with Gasteiger partial charge in [0, 0.05) is 23.6 Å². The maximum atomic E-state index is 12.7. The molecular formula is C27H34N8O17S4. The van der Waals surface area contributed by atoms with Crippen LogP contribution in [0.1, 0.15) is 58.8 Å². The second kappa shape index (κ2) is 16.9. The number of carbonyl (C=O) groups excluding carboxylic acids is 4. The summed E-state index contributed by atoms with van der Waals surface area (Å²) in [7, 11) is -9.63. The van der Waals surface area contributed by atoms with Gasteiger partial charge < -0.3 is 31.4 Å². The van der Waals surface area contributed by atoms with Gasteiger partial charge in [0.1, 0.15) is 11.4 Å². The van der Waals surface area contributed by atoms with Crippen LogP contribution in [0.5, 0.6) is 0 Å². The Morgan fingerprint density at radius 3 is 1.80 bits per heavy atom. The molecule has 2 aromatic rings.